The van der Waals surface area contributed by atoms with Crippen molar-refractivity contribution in [1.82, 2.24) is 12.3 Å². The molecule has 0 atom stereocenters. The number of hydrogen-bond acceptors (Lipinski definition) is 5. The largest absolute Gasteiger partial charge is 0.412 e. The molecule has 0 aliphatic rings. The Balaban J connectivity index is -0.0000000817. The van der Waals surface area contributed by atoms with Gasteiger partial charge in [0.1, 0.15) is 0 Å². The van der Waals surface area contributed by atoms with Gasteiger partial charge in [0.2, 0.25) is 0 Å². The van der Waals surface area contributed by atoms with Crippen LogP contribution in [0.5, 0.6) is 0 Å². The summed E-state index contributed by atoms with van der Waals surface area (Å²) in [5.41, 5.74) is 0. The first-order valence-corrected chi connectivity index (χ1v) is 3.15. The van der Waals surface area contributed by atoms with Gasteiger partial charge in [-0.1, -0.05) is 6.08 Å². The normalized spacial score (nSPS) is 8.09. The fraction of sp³-hybridized carbons (Fsp3) is 0.333. The smallest absolute Gasteiger partial charge is 0.397 e. The van der Waals surface area contributed by atoms with E-state index in [0.717, 1.165) is 0 Å². The lowest BCUT2D eigenvalue weighted by Crippen LogP contribution is -2.02. The lowest BCUT2D eigenvalue weighted by Gasteiger charge is -1.90. The first kappa shape index (κ1) is 22.4. The molecule has 0 amide bonds. The standard InChI is InChI=1S/C3H6O4S.2H3N.H2O/c1-2-3-7-8(4,5)6;;;/h2H,1,3H2,(H,4,5,6);2*1H3;1H2. The van der Waals surface area contributed by atoms with Crippen LogP contribution < -0.4 is 12.3 Å². The summed E-state index contributed by atoms with van der Waals surface area (Å²) in [5.74, 6) is 0. The van der Waals surface area contributed by atoms with Crippen molar-refractivity contribution in [3.05, 3.63) is 12.7 Å². The average molecular weight is 190 g/mol. The van der Waals surface area contributed by atoms with Gasteiger partial charge in [-0.15, -0.1) is 6.58 Å². The van der Waals surface area contributed by atoms with E-state index in [2.05, 4.69) is 10.8 Å². The van der Waals surface area contributed by atoms with Crippen molar-refractivity contribution in [1.29, 1.82) is 0 Å². The lowest BCUT2D eigenvalue weighted by atomic mass is 10.7. The zero-order valence-electron chi connectivity index (χ0n) is 5.99. The highest BCUT2D eigenvalue weighted by Crippen LogP contribution is 1.83. The third-order valence-electron chi connectivity index (χ3n) is 0.335. The van der Waals surface area contributed by atoms with Crippen LogP contribution in [0, 0.1) is 0 Å². The Labute approximate surface area is 65.5 Å². The average Bonchev–Trinajstić information content (AvgIpc) is 1.59. The SMILES string of the molecule is C=CCOS(=O)(=O)O.N.N.O. The highest BCUT2D eigenvalue weighted by Gasteiger charge is 1.99. The summed E-state index contributed by atoms with van der Waals surface area (Å²) >= 11 is 0. The Morgan fingerprint density at radius 2 is 1.82 bits per heavy atom. The van der Waals surface area contributed by atoms with Crippen molar-refractivity contribution in [2.24, 2.45) is 0 Å². The zero-order chi connectivity index (χ0) is 6.62. The van der Waals surface area contributed by atoms with Gasteiger partial charge in [-0.2, -0.15) is 8.42 Å². The van der Waals surface area contributed by atoms with Crippen LogP contribution in [0.25, 0.3) is 0 Å². The van der Waals surface area contributed by atoms with E-state index >= 15 is 0 Å². The molecule has 72 valence electrons. The molecule has 0 aromatic carbocycles. The fourth-order valence-electron chi connectivity index (χ4n) is 0.134. The van der Waals surface area contributed by atoms with E-state index in [1.807, 2.05) is 0 Å². The topological polar surface area (TPSA) is 165 Å². The summed E-state index contributed by atoms with van der Waals surface area (Å²) in [6.07, 6.45) is 1.22. The molecule has 7 nitrogen and oxygen atoms in total. The summed E-state index contributed by atoms with van der Waals surface area (Å²) in [4.78, 5) is 0. The highest BCUT2D eigenvalue weighted by atomic mass is 32.3. The third-order valence-corrected chi connectivity index (χ3v) is 0.769. The predicted octanol–water partition coefficient (Wildman–Crippen LogP) is -0.509. The van der Waals surface area contributed by atoms with Crippen LogP contribution in [0.15, 0.2) is 12.7 Å². The molecule has 0 aliphatic carbocycles. The van der Waals surface area contributed by atoms with Gasteiger partial charge in [0.05, 0.1) is 6.61 Å². The molecular formula is C3H14N2O5S. The Kier molecular flexibility index (Phi) is 19.4. The molecule has 0 saturated carbocycles. The third kappa shape index (κ3) is 26.4. The van der Waals surface area contributed by atoms with Crippen LogP contribution >= 0.6 is 0 Å². The molecule has 0 rings (SSSR count). The quantitative estimate of drug-likeness (QED) is 0.400. The van der Waals surface area contributed by atoms with Crippen molar-refractivity contribution in [3.8, 4) is 0 Å². The van der Waals surface area contributed by atoms with Crippen LogP contribution in [0.1, 0.15) is 0 Å². The Morgan fingerprint density at radius 3 is 1.91 bits per heavy atom. The van der Waals surface area contributed by atoms with Crippen molar-refractivity contribution >= 4 is 10.4 Å². The molecule has 0 unspecified atom stereocenters. The summed E-state index contributed by atoms with van der Waals surface area (Å²) in [7, 11) is -4.26. The minimum Gasteiger partial charge on any atom is -0.412 e. The zero-order valence-corrected chi connectivity index (χ0v) is 6.80. The second kappa shape index (κ2) is 9.49. The van der Waals surface area contributed by atoms with Gasteiger partial charge in [0, 0.05) is 0 Å². The van der Waals surface area contributed by atoms with Gasteiger partial charge in [0.15, 0.2) is 0 Å². The first-order chi connectivity index (χ1) is 3.56. The van der Waals surface area contributed by atoms with Crippen LogP contribution in [0.2, 0.25) is 0 Å². The van der Waals surface area contributed by atoms with E-state index < -0.39 is 10.4 Å². The summed E-state index contributed by atoms with van der Waals surface area (Å²) in [6, 6.07) is 0. The van der Waals surface area contributed by atoms with Gasteiger partial charge < -0.3 is 17.8 Å². The summed E-state index contributed by atoms with van der Waals surface area (Å²) in [6.45, 7) is 2.97. The molecule has 0 heterocycles. The molecule has 0 spiro atoms. The van der Waals surface area contributed by atoms with E-state index in [9.17, 15) is 8.42 Å². The van der Waals surface area contributed by atoms with Gasteiger partial charge in [-0.25, -0.2) is 4.18 Å². The first-order valence-electron chi connectivity index (χ1n) is 1.79. The maximum Gasteiger partial charge on any atom is 0.397 e. The van der Waals surface area contributed by atoms with E-state index in [1.54, 1.807) is 0 Å². The van der Waals surface area contributed by atoms with Crippen LogP contribution in [-0.2, 0) is 14.6 Å². The second-order valence-electron chi connectivity index (χ2n) is 1.00. The van der Waals surface area contributed by atoms with Crippen molar-refractivity contribution in [2.45, 2.75) is 0 Å². The minimum atomic E-state index is -4.26. The summed E-state index contributed by atoms with van der Waals surface area (Å²) in [5, 5.41) is 0. The molecule has 11 heavy (non-hydrogen) atoms. The molecule has 0 radical (unpaired) electrons. The lowest BCUT2D eigenvalue weighted by molar-refractivity contribution is 0.296. The molecule has 8 heteroatoms. The molecule has 0 aromatic heterocycles. The van der Waals surface area contributed by atoms with Gasteiger partial charge in [0.25, 0.3) is 0 Å². The monoisotopic (exact) mass is 190 g/mol. The Hall–Kier alpha value is -0.510. The number of hydrogen-bond donors (Lipinski definition) is 3. The van der Waals surface area contributed by atoms with Crippen LogP contribution in [-0.4, -0.2) is 25.1 Å². The van der Waals surface area contributed by atoms with E-state index in [4.69, 9.17) is 4.55 Å². The number of rotatable bonds is 3. The minimum absolute atomic E-state index is 0. The van der Waals surface area contributed by atoms with E-state index in [-0.39, 0.29) is 24.4 Å². The van der Waals surface area contributed by atoms with E-state index in [0.29, 0.717) is 0 Å². The molecule has 0 aliphatic heterocycles. The second-order valence-corrected chi connectivity index (χ2v) is 2.09. The van der Waals surface area contributed by atoms with Crippen molar-refractivity contribution in [3.63, 3.8) is 0 Å². The highest BCUT2D eigenvalue weighted by molar-refractivity contribution is 7.80. The fourth-order valence-corrected chi connectivity index (χ4v) is 0.402. The molecule has 9 N–H and O–H groups in total. The maximum absolute atomic E-state index is 9.68. The van der Waals surface area contributed by atoms with Gasteiger partial charge >= 0.3 is 10.4 Å². The Bertz CT molecular complexity index is 165. The van der Waals surface area contributed by atoms with Crippen LogP contribution in [0.4, 0.5) is 0 Å². The maximum atomic E-state index is 9.68. The van der Waals surface area contributed by atoms with Gasteiger partial charge in [-0.05, 0) is 0 Å². The molecule has 0 aromatic rings. The summed E-state index contributed by atoms with van der Waals surface area (Å²) < 4.78 is 31.0. The Morgan fingerprint density at radius 1 is 1.45 bits per heavy atom. The molecule has 0 bridgehead atoms. The van der Waals surface area contributed by atoms with Crippen molar-refractivity contribution in [2.75, 3.05) is 6.61 Å². The van der Waals surface area contributed by atoms with Crippen LogP contribution in [0.3, 0.4) is 0 Å². The predicted molar refractivity (Wildman–Crippen MR) is 41.4 cm³/mol. The van der Waals surface area contributed by atoms with E-state index in [1.165, 1.54) is 6.08 Å². The molecular weight excluding hydrogens is 176 g/mol. The molecule has 0 fully saturated rings. The molecule has 0 saturated heterocycles. The van der Waals surface area contributed by atoms with Gasteiger partial charge in [-0.3, -0.25) is 4.55 Å². The van der Waals surface area contributed by atoms with Crippen molar-refractivity contribution < 1.29 is 22.6 Å².